The van der Waals surface area contributed by atoms with E-state index < -0.39 is 22.5 Å². The molecule has 19 heavy (non-hydrogen) atoms. The van der Waals surface area contributed by atoms with Gasteiger partial charge in [-0.05, 0) is 24.6 Å². The smallest absolute Gasteiger partial charge is 0.305 e. The van der Waals surface area contributed by atoms with Gasteiger partial charge in [-0.1, -0.05) is 6.07 Å². The van der Waals surface area contributed by atoms with Crippen LogP contribution in [0.15, 0.2) is 18.2 Å². The van der Waals surface area contributed by atoms with Gasteiger partial charge in [0.1, 0.15) is 0 Å². The average Bonchev–Trinajstić information content (AvgIpc) is 2.38. The lowest BCUT2D eigenvalue weighted by Gasteiger charge is -2.12. The molecule has 0 aromatic heterocycles. The molecule has 1 aromatic carbocycles. The van der Waals surface area contributed by atoms with E-state index in [-0.39, 0.29) is 6.54 Å². The number of nitro groups is 1. The summed E-state index contributed by atoms with van der Waals surface area (Å²) in [5.74, 6) is -0.908. The van der Waals surface area contributed by atoms with Crippen molar-refractivity contribution >= 4 is 5.69 Å². The summed E-state index contributed by atoms with van der Waals surface area (Å²) in [6.07, 6.45) is -0.117. The fraction of sp³-hybridized carbons (Fsp3) is 0.500. The molecule has 1 aromatic rings. The first-order chi connectivity index (χ1) is 9.06. The van der Waals surface area contributed by atoms with Crippen LogP contribution in [-0.2, 0) is 4.74 Å². The summed E-state index contributed by atoms with van der Waals surface area (Å²) in [6.45, 7) is 1.52. The summed E-state index contributed by atoms with van der Waals surface area (Å²) in [6, 6.07) is 3.38. The lowest BCUT2D eigenvalue weighted by molar-refractivity contribution is -0.387. The van der Waals surface area contributed by atoms with Crippen molar-refractivity contribution in [1.29, 1.82) is 0 Å². The van der Waals surface area contributed by atoms with Crippen LogP contribution >= 0.6 is 0 Å². The van der Waals surface area contributed by atoms with Gasteiger partial charge >= 0.3 is 5.69 Å². The maximum absolute atomic E-state index is 13.1. The highest BCUT2D eigenvalue weighted by molar-refractivity contribution is 5.37. The molecule has 1 unspecified atom stereocenters. The Morgan fingerprint density at radius 3 is 2.95 bits per heavy atom. The number of halogens is 1. The number of hydrogen-bond donors (Lipinski definition) is 2. The Morgan fingerprint density at radius 2 is 2.32 bits per heavy atom. The average molecular weight is 272 g/mol. The van der Waals surface area contributed by atoms with Crippen LogP contribution < -0.4 is 5.32 Å². The van der Waals surface area contributed by atoms with Crippen molar-refractivity contribution in [2.45, 2.75) is 12.5 Å². The fourth-order valence-electron chi connectivity index (χ4n) is 1.58. The topological polar surface area (TPSA) is 84.6 Å². The van der Waals surface area contributed by atoms with E-state index in [2.05, 4.69) is 5.32 Å². The van der Waals surface area contributed by atoms with Gasteiger partial charge in [-0.2, -0.15) is 4.39 Å². The number of nitro benzene ring substituents is 1. The van der Waals surface area contributed by atoms with Crippen molar-refractivity contribution in [3.05, 3.63) is 39.7 Å². The number of rotatable bonds is 8. The molecule has 7 heteroatoms. The number of aliphatic hydroxyl groups excluding tert-OH is 1. The van der Waals surface area contributed by atoms with Gasteiger partial charge in [0.05, 0.1) is 11.0 Å². The van der Waals surface area contributed by atoms with Crippen LogP contribution in [0.4, 0.5) is 10.1 Å². The zero-order chi connectivity index (χ0) is 14.3. The molecule has 0 radical (unpaired) electrons. The quantitative estimate of drug-likeness (QED) is 0.424. The van der Waals surface area contributed by atoms with Crippen LogP contribution in [0.2, 0.25) is 0 Å². The minimum absolute atomic E-state index is 0.243. The third-order valence-corrected chi connectivity index (χ3v) is 2.59. The molecule has 0 aliphatic rings. The summed E-state index contributed by atoms with van der Waals surface area (Å²) in [5.41, 5.74) is -0.316. The predicted octanol–water partition coefficient (Wildman–Crippen LogP) is 1.39. The normalized spacial score (nSPS) is 12.4. The SMILES string of the molecule is COCCCNCC(O)c1ccc(F)c([N+](=O)[O-])c1. The molecule has 0 aliphatic carbocycles. The minimum Gasteiger partial charge on any atom is -0.387 e. The van der Waals surface area contributed by atoms with Gasteiger partial charge in [0, 0.05) is 26.3 Å². The summed E-state index contributed by atoms with van der Waals surface area (Å²) in [7, 11) is 1.60. The molecule has 0 heterocycles. The molecule has 0 saturated heterocycles. The standard InChI is InChI=1S/C12H17FN2O4/c1-19-6-2-5-14-8-12(16)9-3-4-10(13)11(7-9)15(17)18/h3-4,7,12,14,16H,2,5-6,8H2,1H3. The maximum atomic E-state index is 13.1. The Kier molecular flexibility index (Phi) is 6.34. The summed E-state index contributed by atoms with van der Waals surface area (Å²) in [4.78, 5) is 9.78. The molecule has 0 fully saturated rings. The Balaban J connectivity index is 2.55. The first-order valence-electron chi connectivity index (χ1n) is 5.87. The van der Waals surface area contributed by atoms with Gasteiger partial charge in [-0.3, -0.25) is 10.1 Å². The number of nitrogens with one attached hydrogen (secondary N) is 1. The Bertz CT molecular complexity index is 428. The molecule has 1 atom stereocenters. The van der Waals surface area contributed by atoms with Gasteiger partial charge in [0.15, 0.2) is 0 Å². The Morgan fingerprint density at radius 1 is 1.58 bits per heavy atom. The van der Waals surface area contributed by atoms with E-state index in [1.54, 1.807) is 7.11 Å². The van der Waals surface area contributed by atoms with Gasteiger partial charge in [0.25, 0.3) is 0 Å². The van der Waals surface area contributed by atoms with E-state index in [0.29, 0.717) is 18.7 Å². The van der Waals surface area contributed by atoms with Crippen LogP contribution in [0.1, 0.15) is 18.1 Å². The highest BCUT2D eigenvalue weighted by atomic mass is 19.1. The van der Waals surface area contributed by atoms with E-state index in [9.17, 15) is 19.6 Å². The third kappa shape index (κ3) is 4.90. The second-order valence-corrected chi connectivity index (χ2v) is 4.03. The van der Waals surface area contributed by atoms with Gasteiger partial charge in [0.2, 0.25) is 5.82 Å². The van der Waals surface area contributed by atoms with E-state index in [0.717, 1.165) is 18.6 Å². The monoisotopic (exact) mass is 272 g/mol. The molecule has 0 amide bonds. The minimum atomic E-state index is -0.915. The van der Waals surface area contributed by atoms with Crippen molar-refractivity contribution in [2.24, 2.45) is 0 Å². The van der Waals surface area contributed by atoms with Gasteiger partial charge in [-0.15, -0.1) is 0 Å². The van der Waals surface area contributed by atoms with Crippen molar-refractivity contribution < 1.29 is 19.2 Å². The Hall–Kier alpha value is -1.57. The van der Waals surface area contributed by atoms with Crippen LogP contribution in [0.3, 0.4) is 0 Å². The molecule has 2 N–H and O–H groups in total. The second-order valence-electron chi connectivity index (χ2n) is 4.03. The van der Waals surface area contributed by atoms with E-state index in [1.165, 1.54) is 6.07 Å². The third-order valence-electron chi connectivity index (χ3n) is 2.59. The van der Waals surface area contributed by atoms with Crippen molar-refractivity contribution in [3.63, 3.8) is 0 Å². The summed E-state index contributed by atoms with van der Waals surface area (Å²) in [5, 5.41) is 23.4. The zero-order valence-corrected chi connectivity index (χ0v) is 10.6. The molecule has 0 saturated carbocycles. The number of methoxy groups -OCH3 is 1. The first kappa shape index (κ1) is 15.5. The maximum Gasteiger partial charge on any atom is 0.305 e. The summed E-state index contributed by atoms with van der Waals surface area (Å²) < 4.78 is 18.0. The second kappa shape index (κ2) is 7.78. The molecule has 0 aliphatic heterocycles. The van der Waals surface area contributed by atoms with Crippen LogP contribution in [0.5, 0.6) is 0 Å². The molecular formula is C12H17FN2O4. The van der Waals surface area contributed by atoms with E-state index in [1.807, 2.05) is 0 Å². The number of hydrogen-bond acceptors (Lipinski definition) is 5. The number of benzene rings is 1. The first-order valence-corrected chi connectivity index (χ1v) is 5.87. The van der Waals surface area contributed by atoms with E-state index >= 15 is 0 Å². The van der Waals surface area contributed by atoms with Crippen molar-refractivity contribution in [1.82, 2.24) is 5.32 Å². The molecule has 1 rings (SSSR count). The Labute approximate surface area is 110 Å². The number of ether oxygens (including phenoxy) is 1. The largest absolute Gasteiger partial charge is 0.387 e. The molecular weight excluding hydrogens is 255 g/mol. The van der Waals surface area contributed by atoms with E-state index in [4.69, 9.17) is 4.74 Å². The molecule has 0 spiro atoms. The highest BCUT2D eigenvalue weighted by Gasteiger charge is 2.17. The fourth-order valence-corrected chi connectivity index (χ4v) is 1.58. The molecule has 0 bridgehead atoms. The lowest BCUT2D eigenvalue weighted by Crippen LogP contribution is -2.23. The van der Waals surface area contributed by atoms with Crippen LogP contribution in [-0.4, -0.2) is 36.8 Å². The van der Waals surface area contributed by atoms with Crippen LogP contribution in [0, 0.1) is 15.9 Å². The van der Waals surface area contributed by atoms with Crippen molar-refractivity contribution in [2.75, 3.05) is 26.8 Å². The molecule has 6 nitrogen and oxygen atoms in total. The lowest BCUT2D eigenvalue weighted by atomic mass is 10.1. The number of nitrogens with zero attached hydrogens (tertiary/aromatic N) is 1. The summed E-state index contributed by atoms with van der Waals surface area (Å²) >= 11 is 0. The van der Waals surface area contributed by atoms with Gasteiger partial charge in [-0.25, -0.2) is 0 Å². The number of aliphatic hydroxyl groups is 1. The zero-order valence-electron chi connectivity index (χ0n) is 10.6. The molecule has 106 valence electrons. The highest BCUT2D eigenvalue weighted by Crippen LogP contribution is 2.22. The van der Waals surface area contributed by atoms with Crippen molar-refractivity contribution in [3.8, 4) is 0 Å². The van der Waals surface area contributed by atoms with Gasteiger partial charge < -0.3 is 15.2 Å². The van der Waals surface area contributed by atoms with Crippen LogP contribution in [0.25, 0.3) is 0 Å². The predicted molar refractivity (Wildman–Crippen MR) is 67.4 cm³/mol.